The van der Waals surface area contributed by atoms with Gasteiger partial charge >= 0.3 is 0 Å². The standard InChI is InChI=1S/C28H28FN7O2/c1-2-26(38)33-25-16-19(8-9-30-25)22-5-3-4-20-18-31-28(34-27(20)22)32-24-7-6-21(17-23(24)29)36-12-10-35(11-13-36)14-15-37/h2-9,16-18,37H,1,10-15H2,(H,30,33,38)(H,31,32,34). The molecule has 1 saturated heterocycles. The number of piperazine rings is 1. The van der Waals surface area contributed by atoms with Crippen molar-refractivity contribution in [3.8, 4) is 11.1 Å². The van der Waals surface area contributed by atoms with Crippen LogP contribution in [-0.2, 0) is 4.79 Å². The number of aliphatic hydroxyl groups excluding tert-OH is 1. The third-order valence-electron chi connectivity index (χ3n) is 6.47. The van der Waals surface area contributed by atoms with E-state index in [1.54, 1.807) is 24.5 Å². The Morgan fingerprint density at radius 2 is 1.95 bits per heavy atom. The van der Waals surface area contributed by atoms with Gasteiger partial charge in [-0.15, -0.1) is 0 Å². The topological polar surface area (TPSA) is 107 Å². The van der Waals surface area contributed by atoms with E-state index in [1.807, 2.05) is 30.3 Å². The highest BCUT2D eigenvalue weighted by Gasteiger charge is 2.18. The van der Waals surface area contributed by atoms with Gasteiger partial charge in [0, 0.05) is 61.8 Å². The van der Waals surface area contributed by atoms with E-state index in [0.717, 1.165) is 48.4 Å². The number of β-amino-alcohol motifs (C(OH)–C–C–N with tert-alkyl or cyclic N) is 1. The molecule has 194 valence electrons. The Hall–Kier alpha value is -4.41. The summed E-state index contributed by atoms with van der Waals surface area (Å²) in [5, 5.41) is 15.6. The maximum atomic E-state index is 15.1. The number of hydrogen-bond acceptors (Lipinski definition) is 8. The van der Waals surface area contributed by atoms with Crippen LogP contribution in [0.3, 0.4) is 0 Å². The third kappa shape index (κ3) is 5.61. The SMILES string of the molecule is C=CC(=O)Nc1cc(-c2cccc3cnc(Nc4ccc(N5CCN(CCO)CC5)cc4F)nc23)ccn1. The summed E-state index contributed by atoms with van der Waals surface area (Å²) in [6.07, 6.45) is 4.48. The van der Waals surface area contributed by atoms with E-state index in [-0.39, 0.29) is 24.1 Å². The smallest absolute Gasteiger partial charge is 0.248 e. The molecule has 0 unspecified atom stereocenters. The Labute approximate surface area is 219 Å². The van der Waals surface area contributed by atoms with Crippen molar-refractivity contribution in [2.24, 2.45) is 0 Å². The summed E-state index contributed by atoms with van der Waals surface area (Å²) in [4.78, 5) is 29.3. The van der Waals surface area contributed by atoms with Gasteiger partial charge in [-0.05, 0) is 42.0 Å². The van der Waals surface area contributed by atoms with Crippen LogP contribution in [0.25, 0.3) is 22.0 Å². The molecule has 1 fully saturated rings. The summed E-state index contributed by atoms with van der Waals surface area (Å²) in [7, 11) is 0. The maximum absolute atomic E-state index is 15.1. The zero-order chi connectivity index (χ0) is 26.5. The van der Waals surface area contributed by atoms with E-state index in [0.29, 0.717) is 17.9 Å². The minimum absolute atomic E-state index is 0.144. The van der Waals surface area contributed by atoms with E-state index in [2.05, 4.69) is 42.0 Å². The molecule has 0 spiro atoms. The van der Waals surface area contributed by atoms with Crippen molar-refractivity contribution in [3.63, 3.8) is 0 Å². The number of aromatic nitrogens is 3. The number of anilines is 4. The number of pyridine rings is 1. The monoisotopic (exact) mass is 513 g/mol. The van der Waals surface area contributed by atoms with Crippen LogP contribution < -0.4 is 15.5 Å². The zero-order valence-corrected chi connectivity index (χ0v) is 20.8. The molecule has 1 aliphatic heterocycles. The average Bonchev–Trinajstić information content (AvgIpc) is 2.94. The molecule has 1 amide bonds. The molecule has 9 nitrogen and oxygen atoms in total. The first-order valence-electron chi connectivity index (χ1n) is 12.3. The van der Waals surface area contributed by atoms with Gasteiger partial charge in [0.15, 0.2) is 0 Å². The van der Waals surface area contributed by atoms with Gasteiger partial charge in [0.2, 0.25) is 11.9 Å². The van der Waals surface area contributed by atoms with Crippen molar-refractivity contribution in [1.82, 2.24) is 19.9 Å². The number of nitrogens with one attached hydrogen (secondary N) is 2. The molecule has 0 radical (unpaired) electrons. The number of rotatable bonds is 8. The predicted octanol–water partition coefficient (Wildman–Crippen LogP) is 3.81. The minimum atomic E-state index is -0.394. The molecule has 2 aromatic carbocycles. The number of nitrogens with zero attached hydrogens (tertiary/aromatic N) is 5. The van der Waals surface area contributed by atoms with Gasteiger partial charge in [-0.3, -0.25) is 9.69 Å². The number of fused-ring (bicyclic) bond motifs is 1. The van der Waals surface area contributed by atoms with Crippen LogP contribution in [0.4, 0.5) is 27.5 Å². The van der Waals surface area contributed by atoms with Crippen molar-refractivity contribution >= 4 is 40.0 Å². The Morgan fingerprint density at radius 3 is 2.71 bits per heavy atom. The van der Waals surface area contributed by atoms with E-state index in [1.165, 1.54) is 12.1 Å². The number of carbonyl (C=O) groups excluding carboxylic acids is 1. The second-order valence-corrected chi connectivity index (χ2v) is 8.90. The third-order valence-corrected chi connectivity index (χ3v) is 6.47. The largest absolute Gasteiger partial charge is 0.395 e. The van der Waals surface area contributed by atoms with Crippen LogP contribution in [0, 0.1) is 5.82 Å². The molecular weight excluding hydrogens is 485 g/mol. The lowest BCUT2D eigenvalue weighted by Gasteiger charge is -2.35. The van der Waals surface area contributed by atoms with Crippen LogP contribution in [0.2, 0.25) is 0 Å². The number of para-hydroxylation sites is 1. The van der Waals surface area contributed by atoms with Gasteiger partial charge in [-0.2, -0.15) is 0 Å². The average molecular weight is 514 g/mol. The molecule has 38 heavy (non-hydrogen) atoms. The second-order valence-electron chi connectivity index (χ2n) is 8.90. The molecule has 1 aliphatic rings. The fourth-order valence-corrected chi connectivity index (χ4v) is 4.49. The molecule has 0 bridgehead atoms. The van der Waals surface area contributed by atoms with Crippen molar-refractivity contribution < 1.29 is 14.3 Å². The lowest BCUT2D eigenvalue weighted by molar-refractivity contribution is -0.111. The highest BCUT2D eigenvalue weighted by atomic mass is 19.1. The number of aliphatic hydroxyl groups is 1. The number of carbonyl (C=O) groups is 1. The van der Waals surface area contributed by atoms with Crippen molar-refractivity contribution in [2.75, 3.05) is 54.9 Å². The summed E-state index contributed by atoms with van der Waals surface area (Å²) in [6, 6.07) is 14.4. The van der Waals surface area contributed by atoms with Crippen molar-refractivity contribution in [2.45, 2.75) is 0 Å². The molecule has 3 N–H and O–H groups in total. The van der Waals surface area contributed by atoms with Crippen molar-refractivity contribution in [3.05, 3.63) is 79.4 Å². The van der Waals surface area contributed by atoms with E-state index >= 15 is 4.39 Å². The first kappa shape index (κ1) is 25.2. The quantitative estimate of drug-likeness (QED) is 0.306. The normalized spacial score (nSPS) is 13.9. The second kappa shape index (κ2) is 11.3. The van der Waals surface area contributed by atoms with Gasteiger partial charge in [-0.25, -0.2) is 19.3 Å². The van der Waals surface area contributed by atoms with Crippen LogP contribution >= 0.6 is 0 Å². The summed E-state index contributed by atoms with van der Waals surface area (Å²) < 4.78 is 15.1. The molecule has 0 saturated carbocycles. The number of hydrogen-bond donors (Lipinski definition) is 3. The lowest BCUT2D eigenvalue weighted by atomic mass is 10.0. The van der Waals surface area contributed by atoms with Gasteiger partial charge in [0.05, 0.1) is 17.8 Å². The van der Waals surface area contributed by atoms with Crippen LogP contribution in [0.1, 0.15) is 0 Å². The fraction of sp³-hybridized carbons (Fsp3) is 0.214. The zero-order valence-electron chi connectivity index (χ0n) is 20.8. The maximum Gasteiger partial charge on any atom is 0.248 e. The van der Waals surface area contributed by atoms with Crippen LogP contribution in [0.15, 0.2) is 73.6 Å². The highest BCUT2D eigenvalue weighted by molar-refractivity contribution is 5.99. The van der Waals surface area contributed by atoms with E-state index in [9.17, 15) is 4.79 Å². The molecule has 5 rings (SSSR count). The van der Waals surface area contributed by atoms with Crippen LogP contribution in [-0.4, -0.2) is 70.2 Å². The number of halogens is 1. The minimum Gasteiger partial charge on any atom is -0.395 e. The number of benzene rings is 2. The summed E-state index contributed by atoms with van der Waals surface area (Å²) >= 11 is 0. The first-order chi connectivity index (χ1) is 18.5. The molecule has 0 aliphatic carbocycles. The highest BCUT2D eigenvalue weighted by Crippen LogP contribution is 2.30. The molecule has 2 aromatic heterocycles. The van der Waals surface area contributed by atoms with Gasteiger partial charge in [0.1, 0.15) is 11.6 Å². The molecule has 4 aromatic rings. The Morgan fingerprint density at radius 1 is 1.11 bits per heavy atom. The van der Waals surface area contributed by atoms with Gasteiger partial charge in [-0.1, -0.05) is 24.8 Å². The Balaban J connectivity index is 1.37. The van der Waals surface area contributed by atoms with Gasteiger partial charge < -0.3 is 20.6 Å². The van der Waals surface area contributed by atoms with E-state index in [4.69, 9.17) is 5.11 Å². The molecule has 0 atom stereocenters. The Kier molecular flexibility index (Phi) is 7.52. The predicted molar refractivity (Wildman–Crippen MR) is 147 cm³/mol. The van der Waals surface area contributed by atoms with Crippen molar-refractivity contribution in [1.29, 1.82) is 0 Å². The molecule has 10 heteroatoms. The van der Waals surface area contributed by atoms with Crippen LogP contribution in [0.5, 0.6) is 0 Å². The fourth-order valence-electron chi connectivity index (χ4n) is 4.49. The lowest BCUT2D eigenvalue weighted by Crippen LogP contribution is -2.47. The molecular formula is C28H28FN7O2. The Bertz CT molecular complexity index is 1470. The summed E-state index contributed by atoms with van der Waals surface area (Å²) in [5.74, 6) is -0.0791. The first-order valence-corrected chi connectivity index (χ1v) is 12.3. The summed E-state index contributed by atoms with van der Waals surface area (Å²) in [6.45, 7) is 7.47. The summed E-state index contributed by atoms with van der Waals surface area (Å²) in [5.41, 5.74) is 3.40. The van der Waals surface area contributed by atoms with Gasteiger partial charge in [0.25, 0.3) is 0 Å². The number of amides is 1. The molecule has 3 heterocycles. The van der Waals surface area contributed by atoms with E-state index < -0.39 is 5.82 Å².